The van der Waals surface area contributed by atoms with E-state index in [0.717, 1.165) is 5.56 Å². The summed E-state index contributed by atoms with van der Waals surface area (Å²) in [7, 11) is 0. The standard InChI is InChI=1S/C21H20ClN3O5/c1-13-6-8-15(9-7-13)25-11-14(10-19(25)27)21(29)30-12-18(26)23-24-20(28)16-4-2-3-5-17(16)22/h2-9,14H,10-12H2,1H3,(H,23,26)(H,24,28)/t14-/m1/s1. The first-order chi connectivity index (χ1) is 14.3. The highest BCUT2D eigenvalue weighted by molar-refractivity contribution is 6.33. The zero-order valence-corrected chi connectivity index (χ0v) is 16.9. The minimum absolute atomic E-state index is 0.0115. The highest BCUT2D eigenvalue weighted by atomic mass is 35.5. The van der Waals surface area contributed by atoms with Gasteiger partial charge in [0, 0.05) is 18.7 Å². The van der Waals surface area contributed by atoms with E-state index >= 15 is 0 Å². The van der Waals surface area contributed by atoms with Gasteiger partial charge in [0.15, 0.2) is 6.61 Å². The first-order valence-corrected chi connectivity index (χ1v) is 9.60. The number of esters is 1. The van der Waals surface area contributed by atoms with Crippen LogP contribution in [0.15, 0.2) is 48.5 Å². The van der Waals surface area contributed by atoms with Gasteiger partial charge < -0.3 is 9.64 Å². The number of anilines is 1. The van der Waals surface area contributed by atoms with Gasteiger partial charge in [-0.05, 0) is 31.2 Å². The van der Waals surface area contributed by atoms with Gasteiger partial charge in [-0.1, -0.05) is 41.4 Å². The molecule has 1 heterocycles. The van der Waals surface area contributed by atoms with Crippen molar-refractivity contribution < 1.29 is 23.9 Å². The van der Waals surface area contributed by atoms with E-state index < -0.39 is 30.3 Å². The first kappa shape index (κ1) is 21.3. The summed E-state index contributed by atoms with van der Waals surface area (Å²) < 4.78 is 4.99. The van der Waals surface area contributed by atoms with Gasteiger partial charge in [0.25, 0.3) is 11.8 Å². The Morgan fingerprint density at radius 3 is 2.50 bits per heavy atom. The van der Waals surface area contributed by atoms with Crippen molar-refractivity contribution in [1.29, 1.82) is 0 Å². The summed E-state index contributed by atoms with van der Waals surface area (Å²) in [6, 6.07) is 13.7. The Bertz CT molecular complexity index is 977. The van der Waals surface area contributed by atoms with Crippen molar-refractivity contribution >= 4 is 41.0 Å². The average Bonchev–Trinajstić information content (AvgIpc) is 3.13. The van der Waals surface area contributed by atoms with Gasteiger partial charge in [-0.25, -0.2) is 0 Å². The van der Waals surface area contributed by atoms with Crippen LogP contribution in [0, 0.1) is 12.8 Å². The van der Waals surface area contributed by atoms with Gasteiger partial charge in [-0.2, -0.15) is 0 Å². The predicted molar refractivity (Wildman–Crippen MR) is 110 cm³/mol. The van der Waals surface area contributed by atoms with E-state index in [4.69, 9.17) is 16.3 Å². The molecule has 8 nitrogen and oxygen atoms in total. The van der Waals surface area contributed by atoms with Crippen LogP contribution in [0.1, 0.15) is 22.3 Å². The summed E-state index contributed by atoms with van der Waals surface area (Å²) >= 11 is 5.91. The number of ether oxygens (including phenoxy) is 1. The van der Waals surface area contributed by atoms with Crippen LogP contribution in [-0.2, 0) is 19.1 Å². The van der Waals surface area contributed by atoms with E-state index in [2.05, 4.69) is 10.9 Å². The Morgan fingerprint density at radius 2 is 1.80 bits per heavy atom. The molecule has 0 aliphatic carbocycles. The van der Waals surface area contributed by atoms with Crippen molar-refractivity contribution in [2.45, 2.75) is 13.3 Å². The summed E-state index contributed by atoms with van der Waals surface area (Å²) in [6.07, 6.45) is 0.0115. The molecule has 1 fully saturated rings. The van der Waals surface area contributed by atoms with Crippen molar-refractivity contribution in [3.8, 4) is 0 Å². The summed E-state index contributed by atoms with van der Waals surface area (Å²) in [5, 5.41) is 0.236. The number of hydrazine groups is 1. The maximum atomic E-state index is 12.2. The molecule has 0 aromatic heterocycles. The molecular formula is C21H20ClN3O5. The molecule has 0 saturated carbocycles. The number of amides is 3. The number of rotatable bonds is 5. The van der Waals surface area contributed by atoms with Crippen molar-refractivity contribution in [2.24, 2.45) is 5.92 Å². The summed E-state index contributed by atoms with van der Waals surface area (Å²) in [5.74, 6) is -2.81. The maximum absolute atomic E-state index is 12.2. The van der Waals surface area contributed by atoms with Gasteiger partial charge in [0.05, 0.1) is 16.5 Å². The van der Waals surface area contributed by atoms with Gasteiger partial charge in [0.2, 0.25) is 5.91 Å². The Kier molecular flexibility index (Phi) is 6.68. The van der Waals surface area contributed by atoms with E-state index in [1.54, 1.807) is 18.2 Å². The van der Waals surface area contributed by atoms with Crippen LogP contribution in [0.4, 0.5) is 5.69 Å². The number of aryl methyl sites for hydroxylation is 1. The molecule has 0 radical (unpaired) electrons. The Balaban J connectivity index is 1.45. The molecule has 2 aromatic carbocycles. The van der Waals surface area contributed by atoms with Crippen LogP contribution >= 0.6 is 11.6 Å². The van der Waals surface area contributed by atoms with Crippen LogP contribution < -0.4 is 15.8 Å². The van der Waals surface area contributed by atoms with E-state index in [-0.39, 0.29) is 29.5 Å². The van der Waals surface area contributed by atoms with Crippen LogP contribution in [0.25, 0.3) is 0 Å². The van der Waals surface area contributed by atoms with Crippen molar-refractivity contribution in [2.75, 3.05) is 18.1 Å². The fraction of sp³-hybridized carbons (Fsp3) is 0.238. The number of hydrogen-bond donors (Lipinski definition) is 2. The van der Waals surface area contributed by atoms with E-state index in [1.165, 1.54) is 11.0 Å². The average molecular weight is 430 g/mol. The van der Waals surface area contributed by atoms with Crippen LogP contribution in [0.2, 0.25) is 5.02 Å². The zero-order valence-electron chi connectivity index (χ0n) is 16.2. The summed E-state index contributed by atoms with van der Waals surface area (Å²) in [6.45, 7) is 1.54. The molecular weight excluding hydrogens is 410 g/mol. The lowest BCUT2D eigenvalue weighted by molar-refractivity contribution is -0.152. The summed E-state index contributed by atoms with van der Waals surface area (Å²) in [5.41, 5.74) is 6.31. The molecule has 3 rings (SSSR count). The van der Waals surface area contributed by atoms with E-state index in [1.807, 2.05) is 31.2 Å². The number of nitrogens with zero attached hydrogens (tertiary/aromatic N) is 1. The minimum Gasteiger partial charge on any atom is -0.455 e. The molecule has 1 aliphatic heterocycles. The second kappa shape index (κ2) is 9.41. The Hall–Kier alpha value is -3.39. The van der Waals surface area contributed by atoms with Crippen molar-refractivity contribution in [3.05, 3.63) is 64.7 Å². The second-order valence-corrected chi connectivity index (χ2v) is 7.24. The molecule has 2 aromatic rings. The highest BCUT2D eigenvalue weighted by Crippen LogP contribution is 2.26. The number of nitrogens with one attached hydrogen (secondary N) is 2. The third-order valence-corrected chi connectivity index (χ3v) is 4.91. The largest absolute Gasteiger partial charge is 0.455 e. The predicted octanol–water partition coefficient (Wildman–Crippen LogP) is 2.01. The highest BCUT2D eigenvalue weighted by Gasteiger charge is 2.36. The van der Waals surface area contributed by atoms with E-state index in [9.17, 15) is 19.2 Å². The molecule has 9 heteroatoms. The normalized spacial score (nSPS) is 15.6. The first-order valence-electron chi connectivity index (χ1n) is 9.22. The van der Waals surface area contributed by atoms with E-state index in [0.29, 0.717) is 5.69 Å². The lowest BCUT2D eigenvalue weighted by atomic mass is 10.1. The lowest BCUT2D eigenvalue weighted by Crippen LogP contribution is -2.44. The second-order valence-electron chi connectivity index (χ2n) is 6.83. The molecule has 0 spiro atoms. The number of halogens is 1. The van der Waals surface area contributed by atoms with Crippen LogP contribution in [-0.4, -0.2) is 36.8 Å². The van der Waals surface area contributed by atoms with Crippen LogP contribution in [0.3, 0.4) is 0 Å². The minimum atomic E-state index is -0.719. The fourth-order valence-electron chi connectivity index (χ4n) is 2.97. The molecule has 2 N–H and O–H groups in total. The van der Waals surface area contributed by atoms with Gasteiger partial charge in [0.1, 0.15) is 0 Å². The molecule has 0 bridgehead atoms. The lowest BCUT2D eigenvalue weighted by Gasteiger charge is -2.16. The van der Waals surface area contributed by atoms with Gasteiger partial charge in [-0.15, -0.1) is 0 Å². The molecule has 1 aliphatic rings. The Labute approximate surface area is 178 Å². The number of hydrogen-bond acceptors (Lipinski definition) is 5. The molecule has 0 unspecified atom stereocenters. The number of carbonyl (C=O) groups excluding carboxylic acids is 4. The van der Waals surface area contributed by atoms with Crippen LogP contribution in [0.5, 0.6) is 0 Å². The van der Waals surface area contributed by atoms with Gasteiger partial charge in [-0.3, -0.25) is 30.0 Å². The third-order valence-electron chi connectivity index (χ3n) is 4.58. The SMILES string of the molecule is Cc1ccc(N2C[C@H](C(=O)OCC(=O)NNC(=O)c3ccccc3Cl)CC2=O)cc1. The van der Waals surface area contributed by atoms with Crippen molar-refractivity contribution in [1.82, 2.24) is 10.9 Å². The monoisotopic (exact) mass is 429 g/mol. The topological polar surface area (TPSA) is 105 Å². The molecule has 30 heavy (non-hydrogen) atoms. The molecule has 1 atom stereocenters. The number of benzene rings is 2. The van der Waals surface area contributed by atoms with Gasteiger partial charge >= 0.3 is 5.97 Å². The maximum Gasteiger partial charge on any atom is 0.311 e. The zero-order chi connectivity index (χ0) is 21.7. The molecule has 3 amide bonds. The van der Waals surface area contributed by atoms with Crippen molar-refractivity contribution in [3.63, 3.8) is 0 Å². The fourth-order valence-corrected chi connectivity index (χ4v) is 3.19. The molecule has 1 saturated heterocycles. The smallest absolute Gasteiger partial charge is 0.311 e. The third kappa shape index (κ3) is 5.15. The molecule has 156 valence electrons. The number of carbonyl (C=O) groups is 4. The Morgan fingerprint density at radius 1 is 1.10 bits per heavy atom. The summed E-state index contributed by atoms with van der Waals surface area (Å²) in [4.78, 5) is 49.8. The quantitative estimate of drug-likeness (QED) is 0.558.